The van der Waals surface area contributed by atoms with Crippen LogP contribution in [0.3, 0.4) is 0 Å². The van der Waals surface area contributed by atoms with Crippen molar-refractivity contribution in [1.82, 2.24) is 4.98 Å². The van der Waals surface area contributed by atoms with Crippen molar-refractivity contribution in [3.63, 3.8) is 0 Å². The summed E-state index contributed by atoms with van der Waals surface area (Å²) in [6.07, 6.45) is 2.33. The third kappa shape index (κ3) is 2.07. The molecule has 1 unspecified atom stereocenters. The van der Waals surface area contributed by atoms with Crippen molar-refractivity contribution < 1.29 is 4.79 Å². The number of hydrogen-bond donors (Lipinski definition) is 1. The van der Waals surface area contributed by atoms with Gasteiger partial charge in [0, 0.05) is 19.3 Å². The molecule has 17 heavy (non-hydrogen) atoms. The lowest BCUT2D eigenvalue weighted by atomic mass is 9.89. The smallest absolute Gasteiger partial charge is 0.225 e. The predicted molar refractivity (Wildman–Crippen MR) is 63.1 cm³/mol. The molecule has 2 N–H and O–H groups in total. The van der Waals surface area contributed by atoms with Gasteiger partial charge in [0.25, 0.3) is 0 Å². The van der Waals surface area contributed by atoms with Crippen LogP contribution in [0, 0.1) is 16.7 Å². The van der Waals surface area contributed by atoms with Gasteiger partial charge in [0.1, 0.15) is 5.82 Å². The van der Waals surface area contributed by atoms with Crippen LogP contribution in [-0.4, -0.2) is 24.0 Å². The zero-order valence-corrected chi connectivity index (χ0v) is 9.68. The fourth-order valence-electron chi connectivity index (χ4n) is 2.02. The zero-order chi connectivity index (χ0) is 12.5. The van der Waals surface area contributed by atoms with E-state index in [1.54, 1.807) is 18.3 Å². The van der Waals surface area contributed by atoms with Crippen LogP contribution in [-0.2, 0) is 4.79 Å². The van der Waals surface area contributed by atoms with E-state index in [4.69, 9.17) is 11.0 Å². The van der Waals surface area contributed by atoms with Gasteiger partial charge in [0.2, 0.25) is 5.91 Å². The summed E-state index contributed by atoms with van der Waals surface area (Å²) in [6, 6.07) is 5.46. The second-order valence-corrected chi connectivity index (χ2v) is 4.61. The predicted octanol–water partition coefficient (Wildman–Crippen LogP) is 0.655. The Balaban J connectivity index is 2.21. The van der Waals surface area contributed by atoms with Crippen molar-refractivity contribution in [2.75, 3.05) is 18.0 Å². The maximum absolute atomic E-state index is 11.3. The second-order valence-electron chi connectivity index (χ2n) is 4.61. The van der Waals surface area contributed by atoms with Crippen molar-refractivity contribution in [1.29, 1.82) is 5.26 Å². The molecular weight excluding hydrogens is 216 g/mol. The summed E-state index contributed by atoms with van der Waals surface area (Å²) < 4.78 is 0. The molecule has 1 aromatic rings. The minimum absolute atomic E-state index is 0.281. The van der Waals surface area contributed by atoms with Crippen LogP contribution >= 0.6 is 0 Å². The van der Waals surface area contributed by atoms with Crippen molar-refractivity contribution in [2.45, 2.75) is 13.3 Å². The number of nitrogens with zero attached hydrogens (tertiary/aromatic N) is 3. The highest BCUT2D eigenvalue weighted by Crippen LogP contribution is 2.32. The highest BCUT2D eigenvalue weighted by molar-refractivity contribution is 5.82. The molecule has 1 amide bonds. The minimum atomic E-state index is -0.496. The maximum Gasteiger partial charge on any atom is 0.225 e. The van der Waals surface area contributed by atoms with Gasteiger partial charge in [0.05, 0.1) is 17.0 Å². The van der Waals surface area contributed by atoms with Crippen molar-refractivity contribution in [3.8, 4) is 6.07 Å². The Bertz CT molecular complexity index is 494. The van der Waals surface area contributed by atoms with Gasteiger partial charge in [-0.05, 0) is 25.5 Å². The van der Waals surface area contributed by atoms with Gasteiger partial charge in [0.15, 0.2) is 0 Å². The van der Waals surface area contributed by atoms with Crippen molar-refractivity contribution in [3.05, 3.63) is 23.9 Å². The normalized spacial score (nSPS) is 23.4. The van der Waals surface area contributed by atoms with E-state index < -0.39 is 5.41 Å². The fourth-order valence-corrected chi connectivity index (χ4v) is 2.02. The molecular formula is C12H14N4O. The number of hydrogen-bond acceptors (Lipinski definition) is 4. The van der Waals surface area contributed by atoms with Crippen LogP contribution in [0.5, 0.6) is 0 Å². The minimum Gasteiger partial charge on any atom is -0.369 e. The Morgan fingerprint density at radius 3 is 3.06 bits per heavy atom. The summed E-state index contributed by atoms with van der Waals surface area (Å²) in [5.41, 5.74) is 5.47. The van der Waals surface area contributed by atoms with Crippen molar-refractivity contribution in [2.24, 2.45) is 11.1 Å². The van der Waals surface area contributed by atoms with E-state index in [1.165, 1.54) is 0 Å². The average Bonchev–Trinajstić information content (AvgIpc) is 2.74. The molecule has 88 valence electrons. The second kappa shape index (κ2) is 4.06. The first kappa shape index (κ1) is 11.4. The molecule has 0 spiro atoms. The molecule has 1 fully saturated rings. The number of nitrogens with two attached hydrogens (primary N) is 1. The molecule has 0 radical (unpaired) electrons. The van der Waals surface area contributed by atoms with Crippen LogP contribution in [0.1, 0.15) is 18.9 Å². The van der Waals surface area contributed by atoms with E-state index in [0.29, 0.717) is 12.1 Å². The molecule has 1 aromatic heterocycles. The van der Waals surface area contributed by atoms with Gasteiger partial charge >= 0.3 is 0 Å². The Labute approximate surface area is 99.9 Å². The lowest BCUT2D eigenvalue weighted by Gasteiger charge is -2.21. The molecule has 1 aliphatic rings. The molecule has 1 atom stereocenters. The molecule has 2 rings (SSSR count). The van der Waals surface area contributed by atoms with Gasteiger partial charge in [-0.1, -0.05) is 0 Å². The number of carbonyl (C=O) groups is 1. The summed E-state index contributed by atoms with van der Waals surface area (Å²) in [4.78, 5) is 17.6. The molecule has 5 nitrogen and oxygen atoms in total. The molecule has 0 aromatic carbocycles. The third-order valence-corrected chi connectivity index (χ3v) is 3.27. The van der Waals surface area contributed by atoms with Crippen LogP contribution in [0.4, 0.5) is 5.82 Å². The van der Waals surface area contributed by atoms with Gasteiger partial charge in [-0.3, -0.25) is 4.79 Å². The van der Waals surface area contributed by atoms with E-state index in [0.717, 1.165) is 18.8 Å². The maximum atomic E-state index is 11.3. The first-order valence-corrected chi connectivity index (χ1v) is 5.46. The van der Waals surface area contributed by atoms with E-state index in [9.17, 15) is 4.79 Å². The summed E-state index contributed by atoms with van der Waals surface area (Å²) >= 11 is 0. The van der Waals surface area contributed by atoms with Crippen LogP contribution in [0.2, 0.25) is 0 Å². The van der Waals surface area contributed by atoms with E-state index >= 15 is 0 Å². The summed E-state index contributed by atoms with van der Waals surface area (Å²) in [6.45, 7) is 3.16. The highest BCUT2D eigenvalue weighted by atomic mass is 16.1. The number of primary amides is 1. The molecule has 2 heterocycles. The molecule has 5 heteroatoms. The fraction of sp³-hybridized carbons (Fsp3) is 0.417. The Morgan fingerprint density at radius 2 is 2.47 bits per heavy atom. The first-order chi connectivity index (χ1) is 8.05. The molecule has 0 aliphatic carbocycles. The largest absolute Gasteiger partial charge is 0.369 e. The zero-order valence-electron chi connectivity index (χ0n) is 9.68. The average molecular weight is 230 g/mol. The number of rotatable bonds is 2. The first-order valence-electron chi connectivity index (χ1n) is 5.46. The Hall–Kier alpha value is -2.09. The molecule has 0 saturated carbocycles. The molecule has 0 bridgehead atoms. The van der Waals surface area contributed by atoms with E-state index in [-0.39, 0.29) is 5.91 Å². The number of aromatic nitrogens is 1. The quantitative estimate of drug-likeness (QED) is 0.808. The topological polar surface area (TPSA) is 83.0 Å². The number of anilines is 1. The van der Waals surface area contributed by atoms with Crippen LogP contribution in [0.15, 0.2) is 18.3 Å². The lowest BCUT2D eigenvalue weighted by molar-refractivity contribution is -0.125. The third-order valence-electron chi connectivity index (χ3n) is 3.27. The Morgan fingerprint density at radius 1 is 1.71 bits per heavy atom. The standard InChI is InChI=1S/C12H14N4O/c1-12(11(14)17)3-5-16(8-12)10-6-9(7-13)2-4-15-10/h2,4,6H,3,5,8H2,1H3,(H2,14,17). The van der Waals surface area contributed by atoms with Crippen LogP contribution in [0.25, 0.3) is 0 Å². The number of carbonyl (C=O) groups excluding carboxylic acids is 1. The lowest BCUT2D eigenvalue weighted by Crippen LogP contribution is -2.37. The molecule has 1 saturated heterocycles. The summed E-state index contributed by atoms with van der Waals surface area (Å²) in [5, 5.41) is 8.83. The number of pyridine rings is 1. The molecule has 1 aliphatic heterocycles. The highest BCUT2D eigenvalue weighted by Gasteiger charge is 2.39. The van der Waals surface area contributed by atoms with Gasteiger partial charge < -0.3 is 10.6 Å². The SMILES string of the molecule is CC1(C(N)=O)CCN(c2cc(C#N)ccn2)C1. The van der Waals surface area contributed by atoms with Gasteiger partial charge in [-0.15, -0.1) is 0 Å². The van der Waals surface area contributed by atoms with Gasteiger partial charge in [-0.2, -0.15) is 5.26 Å². The summed E-state index contributed by atoms with van der Waals surface area (Å²) in [7, 11) is 0. The van der Waals surface area contributed by atoms with Crippen LogP contribution < -0.4 is 10.6 Å². The summed E-state index contributed by atoms with van der Waals surface area (Å²) in [5.74, 6) is 0.450. The van der Waals surface area contributed by atoms with E-state index in [2.05, 4.69) is 11.1 Å². The van der Waals surface area contributed by atoms with Gasteiger partial charge in [-0.25, -0.2) is 4.98 Å². The van der Waals surface area contributed by atoms with Crippen molar-refractivity contribution >= 4 is 11.7 Å². The monoisotopic (exact) mass is 230 g/mol. The number of nitriles is 1. The number of amides is 1. The van der Waals surface area contributed by atoms with E-state index in [1.807, 2.05) is 11.8 Å². The Kier molecular flexibility index (Phi) is 2.72.